The fourth-order valence-corrected chi connectivity index (χ4v) is 2.62. The summed E-state index contributed by atoms with van der Waals surface area (Å²) in [5.41, 5.74) is 1.84. The number of aryl methyl sites for hydroxylation is 1. The number of rotatable bonds is 8. The molecule has 0 fully saturated rings. The summed E-state index contributed by atoms with van der Waals surface area (Å²) >= 11 is 0. The van der Waals surface area contributed by atoms with Gasteiger partial charge in [0.1, 0.15) is 0 Å². The third kappa shape index (κ3) is 5.09. The van der Waals surface area contributed by atoms with Gasteiger partial charge in [-0.25, -0.2) is 9.48 Å². The highest BCUT2D eigenvalue weighted by molar-refractivity contribution is 5.88. The van der Waals surface area contributed by atoms with Crippen LogP contribution in [0.3, 0.4) is 0 Å². The molecule has 2 rings (SSSR count). The Bertz CT molecular complexity index is 634. The predicted octanol–water partition coefficient (Wildman–Crippen LogP) is 3.10. The molecule has 0 spiro atoms. The molecule has 1 aromatic carbocycles. The number of hydrogen-bond acceptors (Lipinski definition) is 3. The van der Waals surface area contributed by atoms with Gasteiger partial charge in [0.05, 0.1) is 5.69 Å². The number of carbonyl (C=O) groups excluding carboxylic acids is 1. The molecular formula is C18H26N4O2. The maximum Gasteiger partial charge on any atom is 0.320 e. The molecule has 0 aliphatic heterocycles. The van der Waals surface area contributed by atoms with E-state index in [9.17, 15) is 4.79 Å². The van der Waals surface area contributed by atoms with Gasteiger partial charge in [-0.15, -0.1) is 5.10 Å². The maximum absolute atomic E-state index is 12.1. The number of aliphatic hydroxyl groups excluding tert-OH is 1. The Hall–Kier alpha value is -2.34. The van der Waals surface area contributed by atoms with Gasteiger partial charge in [-0.05, 0) is 37.8 Å². The van der Waals surface area contributed by atoms with E-state index in [-0.39, 0.29) is 12.6 Å². The van der Waals surface area contributed by atoms with Crippen LogP contribution in [-0.2, 0) is 0 Å². The Morgan fingerprint density at radius 3 is 2.71 bits per heavy atom. The summed E-state index contributed by atoms with van der Waals surface area (Å²) in [6.45, 7) is 4.71. The Kier molecular flexibility index (Phi) is 6.81. The zero-order chi connectivity index (χ0) is 17.4. The lowest BCUT2D eigenvalue weighted by molar-refractivity contribution is 0.236. The lowest BCUT2D eigenvalue weighted by Crippen LogP contribution is -2.33. The average Bonchev–Trinajstić information content (AvgIpc) is 2.95. The van der Waals surface area contributed by atoms with Crippen molar-refractivity contribution in [2.24, 2.45) is 5.92 Å². The van der Waals surface area contributed by atoms with E-state index in [0.717, 1.165) is 24.1 Å². The molecule has 0 radical (unpaired) electrons. The number of urea groups is 1. The van der Waals surface area contributed by atoms with E-state index < -0.39 is 0 Å². The highest BCUT2D eigenvalue weighted by Crippen LogP contribution is 2.15. The van der Waals surface area contributed by atoms with E-state index in [1.54, 1.807) is 4.68 Å². The van der Waals surface area contributed by atoms with Crippen molar-refractivity contribution in [2.75, 3.05) is 18.5 Å². The van der Waals surface area contributed by atoms with Crippen LogP contribution in [0.25, 0.3) is 5.69 Å². The van der Waals surface area contributed by atoms with E-state index in [1.165, 1.54) is 0 Å². The van der Waals surface area contributed by atoms with Crippen molar-refractivity contribution in [1.29, 1.82) is 0 Å². The maximum atomic E-state index is 12.1. The van der Waals surface area contributed by atoms with Crippen molar-refractivity contribution in [2.45, 2.75) is 33.1 Å². The van der Waals surface area contributed by atoms with Crippen LogP contribution in [0, 0.1) is 12.8 Å². The molecule has 0 aliphatic rings. The standard InChI is InChI=1S/C18H26N4O2/c1-3-7-15(10-11-23)12-19-18(24)20-17-14(2)13-22(21-17)16-8-5-4-6-9-16/h4-6,8-9,13,15,23H,3,7,10-12H2,1-2H3,(H2,19,20,21,24). The second-order valence-corrected chi connectivity index (χ2v) is 5.94. The van der Waals surface area contributed by atoms with Gasteiger partial charge in [-0.1, -0.05) is 31.5 Å². The zero-order valence-electron chi connectivity index (χ0n) is 14.3. The average molecular weight is 330 g/mol. The minimum absolute atomic E-state index is 0.147. The molecular weight excluding hydrogens is 304 g/mol. The highest BCUT2D eigenvalue weighted by Gasteiger charge is 2.12. The number of benzene rings is 1. The number of para-hydroxylation sites is 1. The molecule has 1 unspecified atom stereocenters. The van der Waals surface area contributed by atoms with Crippen LogP contribution in [0.2, 0.25) is 0 Å². The molecule has 6 heteroatoms. The van der Waals surface area contributed by atoms with Gasteiger partial charge in [-0.2, -0.15) is 0 Å². The normalized spacial score (nSPS) is 12.0. The first-order chi connectivity index (χ1) is 11.6. The number of anilines is 1. The van der Waals surface area contributed by atoms with Crippen LogP contribution in [0.1, 0.15) is 31.7 Å². The number of aliphatic hydroxyl groups is 1. The molecule has 1 heterocycles. The smallest absolute Gasteiger partial charge is 0.320 e. The number of nitrogens with one attached hydrogen (secondary N) is 2. The van der Waals surface area contributed by atoms with Crippen molar-refractivity contribution >= 4 is 11.8 Å². The molecule has 3 N–H and O–H groups in total. The minimum Gasteiger partial charge on any atom is -0.396 e. The Morgan fingerprint density at radius 2 is 2.04 bits per heavy atom. The number of carbonyl (C=O) groups is 1. The van der Waals surface area contributed by atoms with Crippen LogP contribution in [0.15, 0.2) is 36.5 Å². The SMILES string of the molecule is CCCC(CCO)CNC(=O)Nc1nn(-c2ccccc2)cc1C. The fraction of sp³-hybridized carbons (Fsp3) is 0.444. The van der Waals surface area contributed by atoms with Gasteiger partial charge in [0, 0.05) is 24.9 Å². The third-order valence-electron chi connectivity index (χ3n) is 3.94. The first-order valence-electron chi connectivity index (χ1n) is 8.41. The Morgan fingerprint density at radius 1 is 1.29 bits per heavy atom. The molecule has 2 aromatic rings. The van der Waals surface area contributed by atoms with E-state index >= 15 is 0 Å². The summed E-state index contributed by atoms with van der Waals surface area (Å²) < 4.78 is 1.75. The van der Waals surface area contributed by atoms with Crippen molar-refractivity contribution in [3.05, 3.63) is 42.1 Å². The van der Waals surface area contributed by atoms with Gasteiger partial charge in [-0.3, -0.25) is 5.32 Å². The summed E-state index contributed by atoms with van der Waals surface area (Å²) in [6, 6.07) is 9.49. The van der Waals surface area contributed by atoms with Gasteiger partial charge in [0.25, 0.3) is 0 Å². The summed E-state index contributed by atoms with van der Waals surface area (Å²) in [6.07, 6.45) is 4.61. The van der Waals surface area contributed by atoms with Crippen LogP contribution in [0.4, 0.5) is 10.6 Å². The summed E-state index contributed by atoms with van der Waals surface area (Å²) in [4.78, 5) is 12.1. The zero-order valence-corrected chi connectivity index (χ0v) is 14.3. The number of hydrogen-bond donors (Lipinski definition) is 3. The molecule has 0 saturated carbocycles. The van der Waals surface area contributed by atoms with Gasteiger partial charge < -0.3 is 10.4 Å². The summed E-state index contributed by atoms with van der Waals surface area (Å²) in [7, 11) is 0. The molecule has 6 nitrogen and oxygen atoms in total. The predicted molar refractivity (Wildman–Crippen MR) is 95.4 cm³/mol. The minimum atomic E-state index is -0.268. The quantitative estimate of drug-likeness (QED) is 0.696. The third-order valence-corrected chi connectivity index (χ3v) is 3.94. The summed E-state index contributed by atoms with van der Waals surface area (Å²) in [5, 5.41) is 19.2. The lowest BCUT2D eigenvalue weighted by atomic mass is 10.0. The second-order valence-electron chi connectivity index (χ2n) is 5.94. The van der Waals surface area contributed by atoms with Crippen molar-refractivity contribution in [1.82, 2.24) is 15.1 Å². The summed E-state index contributed by atoms with van der Waals surface area (Å²) in [5.74, 6) is 0.847. The monoisotopic (exact) mass is 330 g/mol. The van der Waals surface area contributed by atoms with Crippen molar-refractivity contribution < 1.29 is 9.90 Å². The van der Waals surface area contributed by atoms with Crippen LogP contribution < -0.4 is 10.6 Å². The Labute approximate surface area is 142 Å². The second kappa shape index (κ2) is 9.08. The van der Waals surface area contributed by atoms with Gasteiger partial charge >= 0.3 is 6.03 Å². The van der Waals surface area contributed by atoms with E-state index in [0.29, 0.717) is 24.7 Å². The fourth-order valence-electron chi connectivity index (χ4n) is 2.62. The first kappa shape index (κ1) is 18.0. The molecule has 0 saturated heterocycles. The molecule has 2 amide bonds. The highest BCUT2D eigenvalue weighted by atomic mass is 16.3. The van der Waals surface area contributed by atoms with Crippen LogP contribution >= 0.6 is 0 Å². The largest absolute Gasteiger partial charge is 0.396 e. The van der Waals surface area contributed by atoms with Crippen LogP contribution in [0.5, 0.6) is 0 Å². The Balaban J connectivity index is 1.93. The molecule has 0 aliphatic carbocycles. The molecule has 1 atom stereocenters. The first-order valence-corrected chi connectivity index (χ1v) is 8.41. The van der Waals surface area contributed by atoms with Crippen LogP contribution in [-0.4, -0.2) is 34.1 Å². The van der Waals surface area contributed by atoms with E-state index in [2.05, 4.69) is 22.7 Å². The molecule has 1 aromatic heterocycles. The molecule has 0 bridgehead atoms. The van der Waals surface area contributed by atoms with Gasteiger partial charge in [0.2, 0.25) is 0 Å². The topological polar surface area (TPSA) is 79.2 Å². The van der Waals surface area contributed by atoms with Crippen molar-refractivity contribution in [3.8, 4) is 5.69 Å². The van der Waals surface area contributed by atoms with E-state index in [4.69, 9.17) is 5.11 Å². The lowest BCUT2D eigenvalue weighted by Gasteiger charge is -2.15. The van der Waals surface area contributed by atoms with Crippen molar-refractivity contribution in [3.63, 3.8) is 0 Å². The number of aromatic nitrogens is 2. The molecule has 130 valence electrons. The molecule has 24 heavy (non-hydrogen) atoms. The van der Waals surface area contributed by atoms with E-state index in [1.807, 2.05) is 43.5 Å². The number of amides is 2. The van der Waals surface area contributed by atoms with Gasteiger partial charge in [0.15, 0.2) is 5.82 Å². The number of nitrogens with zero attached hydrogens (tertiary/aromatic N) is 2.